The quantitative estimate of drug-likeness (QED) is 0.775. The Morgan fingerprint density at radius 2 is 1.89 bits per heavy atom. The third-order valence-corrected chi connectivity index (χ3v) is 5.34. The van der Waals surface area contributed by atoms with Gasteiger partial charge in [-0.1, -0.05) is 18.6 Å². The number of hydrogen-bond acceptors (Lipinski definition) is 3. The van der Waals surface area contributed by atoms with Crippen LogP contribution in [0.25, 0.3) is 0 Å². The smallest absolute Gasteiger partial charge is 0.307 e. The van der Waals surface area contributed by atoms with Crippen molar-refractivity contribution in [2.75, 3.05) is 6.26 Å². The summed E-state index contributed by atoms with van der Waals surface area (Å²) in [5, 5.41) is 12.8. The van der Waals surface area contributed by atoms with Gasteiger partial charge in [0.25, 0.3) is 0 Å². The minimum Gasteiger partial charge on any atom is -0.481 e. The summed E-state index contributed by atoms with van der Waals surface area (Å²) in [6.07, 6.45) is 10.1. The number of rotatable bonds is 4. The Bertz CT molecular complexity index is 383. The molecule has 1 saturated carbocycles. The third-order valence-electron chi connectivity index (χ3n) is 4.17. The normalized spacial score (nSPS) is 34.2. The van der Waals surface area contributed by atoms with Crippen LogP contribution in [0.3, 0.4) is 0 Å². The number of thioether (sulfide) groups is 1. The van der Waals surface area contributed by atoms with Crippen LogP contribution >= 0.6 is 11.8 Å². The molecule has 2 N–H and O–H groups in total. The first-order valence-corrected chi connectivity index (χ1v) is 8.13. The average Bonchev–Trinajstić information content (AvgIpc) is 2.85. The predicted molar refractivity (Wildman–Crippen MR) is 76.1 cm³/mol. The molecule has 0 aliphatic heterocycles. The van der Waals surface area contributed by atoms with E-state index in [0.717, 1.165) is 19.3 Å². The molecule has 1 fully saturated rings. The minimum atomic E-state index is -0.864. The number of carboxylic acids is 1. The summed E-state index contributed by atoms with van der Waals surface area (Å²) in [7, 11) is 0. The molecule has 5 heteroatoms. The number of carbonyl (C=O) groups is 2. The predicted octanol–water partition coefficient (Wildman–Crippen LogP) is 2.05. The maximum atomic E-state index is 12.3. The molecule has 2 aliphatic carbocycles. The van der Waals surface area contributed by atoms with Crippen molar-refractivity contribution in [3.8, 4) is 0 Å². The molecule has 1 amide bonds. The Kier molecular flexibility index (Phi) is 4.91. The molecule has 0 saturated heterocycles. The zero-order valence-electron chi connectivity index (χ0n) is 11.2. The lowest BCUT2D eigenvalue weighted by Gasteiger charge is -2.27. The van der Waals surface area contributed by atoms with E-state index in [-0.39, 0.29) is 11.9 Å². The number of amides is 1. The van der Waals surface area contributed by atoms with Gasteiger partial charge in [-0.05, 0) is 31.9 Å². The van der Waals surface area contributed by atoms with Gasteiger partial charge in [-0.15, -0.1) is 0 Å². The molecule has 0 heterocycles. The van der Waals surface area contributed by atoms with Gasteiger partial charge in [0.2, 0.25) is 5.91 Å². The van der Waals surface area contributed by atoms with Gasteiger partial charge < -0.3 is 10.4 Å². The average molecular weight is 283 g/mol. The molecule has 0 aromatic rings. The number of nitrogens with one attached hydrogen (secondary N) is 1. The Morgan fingerprint density at radius 3 is 2.53 bits per heavy atom. The highest BCUT2D eigenvalue weighted by molar-refractivity contribution is 7.99. The summed E-state index contributed by atoms with van der Waals surface area (Å²) in [5.74, 6) is -1.93. The van der Waals surface area contributed by atoms with Crippen LogP contribution < -0.4 is 5.32 Å². The number of hydrogen-bond donors (Lipinski definition) is 2. The standard InChI is InChI=1S/C14H21NO3S/c1-19-12-8-4-7-11(12)15-13(16)9-5-2-3-6-10(9)14(17)18/h2-3,9-12H,4-8H2,1H3,(H,15,16)(H,17,18)/t9-,10+,11?,12?/m1/s1. The van der Waals surface area contributed by atoms with E-state index < -0.39 is 17.8 Å². The molecule has 4 atom stereocenters. The highest BCUT2D eigenvalue weighted by Gasteiger charge is 2.36. The van der Waals surface area contributed by atoms with E-state index in [2.05, 4.69) is 11.6 Å². The van der Waals surface area contributed by atoms with E-state index in [1.54, 1.807) is 11.8 Å². The minimum absolute atomic E-state index is 0.0808. The van der Waals surface area contributed by atoms with Gasteiger partial charge in [0.1, 0.15) is 0 Å². The van der Waals surface area contributed by atoms with Crippen LogP contribution in [0.1, 0.15) is 32.1 Å². The zero-order valence-corrected chi connectivity index (χ0v) is 12.0. The first-order valence-electron chi connectivity index (χ1n) is 6.84. The molecular formula is C14H21NO3S. The van der Waals surface area contributed by atoms with Crippen LogP contribution in [0.4, 0.5) is 0 Å². The summed E-state index contributed by atoms with van der Waals surface area (Å²) in [4.78, 5) is 23.5. The van der Waals surface area contributed by atoms with Gasteiger partial charge in [0.05, 0.1) is 11.8 Å². The van der Waals surface area contributed by atoms with Gasteiger partial charge in [-0.2, -0.15) is 11.8 Å². The molecular weight excluding hydrogens is 262 g/mol. The van der Waals surface area contributed by atoms with Crippen LogP contribution in [-0.2, 0) is 9.59 Å². The van der Waals surface area contributed by atoms with Crippen molar-refractivity contribution in [2.24, 2.45) is 11.8 Å². The Hall–Kier alpha value is -0.970. The maximum Gasteiger partial charge on any atom is 0.307 e. The summed E-state index contributed by atoms with van der Waals surface area (Å²) in [6.45, 7) is 0. The van der Waals surface area contributed by atoms with Crippen LogP contribution in [0, 0.1) is 11.8 Å². The Labute approximate surface area is 118 Å². The molecule has 0 bridgehead atoms. The monoisotopic (exact) mass is 283 g/mol. The van der Waals surface area contributed by atoms with Crippen molar-refractivity contribution in [1.29, 1.82) is 0 Å². The molecule has 0 aromatic carbocycles. The Morgan fingerprint density at radius 1 is 1.21 bits per heavy atom. The van der Waals surface area contributed by atoms with Crippen LogP contribution in [0.2, 0.25) is 0 Å². The van der Waals surface area contributed by atoms with Crippen molar-refractivity contribution in [1.82, 2.24) is 5.32 Å². The molecule has 0 spiro atoms. The Balaban J connectivity index is 1.98. The molecule has 2 unspecified atom stereocenters. The van der Waals surface area contributed by atoms with E-state index in [1.165, 1.54) is 0 Å². The fraction of sp³-hybridized carbons (Fsp3) is 0.714. The highest BCUT2D eigenvalue weighted by Crippen LogP contribution is 2.30. The topological polar surface area (TPSA) is 66.4 Å². The van der Waals surface area contributed by atoms with Gasteiger partial charge >= 0.3 is 5.97 Å². The SMILES string of the molecule is CSC1CCCC1NC(=O)[C@@H]1CC=CC[C@@H]1C(=O)O. The van der Waals surface area contributed by atoms with Crippen molar-refractivity contribution in [3.05, 3.63) is 12.2 Å². The first-order chi connectivity index (χ1) is 9.13. The molecule has 0 aromatic heterocycles. The molecule has 106 valence electrons. The van der Waals surface area contributed by atoms with Crippen molar-refractivity contribution < 1.29 is 14.7 Å². The van der Waals surface area contributed by atoms with Gasteiger partial charge in [-0.3, -0.25) is 9.59 Å². The second-order valence-corrected chi connectivity index (χ2v) is 6.39. The third kappa shape index (κ3) is 3.32. The number of carbonyl (C=O) groups excluding carboxylic acids is 1. The largest absolute Gasteiger partial charge is 0.481 e. The van der Waals surface area contributed by atoms with Gasteiger partial charge in [0.15, 0.2) is 0 Å². The van der Waals surface area contributed by atoms with Crippen LogP contribution in [0.15, 0.2) is 12.2 Å². The zero-order chi connectivity index (χ0) is 13.8. The van der Waals surface area contributed by atoms with E-state index >= 15 is 0 Å². The fourth-order valence-electron chi connectivity index (χ4n) is 3.04. The molecule has 2 rings (SSSR count). The van der Waals surface area contributed by atoms with E-state index in [4.69, 9.17) is 0 Å². The lowest BCUT2D eigenvalue weighted by atomic mass is 9.82. The molecule has 2 aliphatic rings. The van der Waals surface area contributed by atoms with Crippen LogP contribution in [-0.4, -0.2) is 34.5 Å². The van der Waals surface area contributed by atoms with E-state index in [9.17, 15) is 14.7 Å². The number of carboxylic acid groups (broad SMARTS) is 1. The molecule has 4 nitrogen and oxygen atoms in total. The summed E-state index contributed by atoms with van der Waals surface area (Å²) in [5.41, 5.74) is 0. The lowest BCUT2D eigenvalue weighted by molar-refractivity contribution is -0.147. The number of allylic oxidation sites excluding steroid dienone is 2. The van der Waals surface area contributed by atoms with E-state index in [0.29, 0.717) is 18.1 Å². The van der Waals surface area contributed by atoms with Crippen molar-refractivity contribution >= 4 is 23.6 Å². The van der Waals surface area contributed by atoms with Crippen molar-refractivity contribution in [2.45, 2.75) is 43.4 Å². The number of aliphatic carboxylic acids is 1. The summed E-state index contributed by atoms with van der Waals surface area (Å²) < 4.78 is 0. The van der Waals surface area contributed by atoms with Gasteiger partial charge in [0, 0.05) is 11.3 Å². The summed E-state index contributed by atoms with van der Waals surface area (Å²) >= 11 is 1.79. The van der Waals surface area contributed by atoms with E-state index in [1.807, 2.05) is 12.2 Å². The van der Waals surface area contributed by atoms with Crippen molar-refractivity contribution in [3.63, 3.8) is 0 Å². The molecule has 0 radical (unpaired) electrons. The summed E-state index contributed by atoms with van der Waals surface area (Å²) in [6, 6.07) is 0.211. The second-order valence-electron chi connectivity index (χ2n) is 5.31. The maximum absolute atomic E-state index is 12.3. The fourth-order valence-corrected chi connectivity index (χ4v) is 3.97. The lowest BCUT2D eigenvalue weighted by Crippen LogP contribution is -2.45. The second kappa shape index (κ2) is 6.46. The molecule has 19 heavy (non-hydrogen) atoms. The highest BCUT2D eigenvalue weighted by atomic mass is 32.2. The van der Waals surface area contributed by atoms with Crippen LogP contribution in [0.5, 0.6) is 0 Å². The van der Waals surface area contributed by atoms with Gasteiger partial charge in [-0.25, -0.2) is 0 Å². The first kappa shape index (κ1) is 14.4.